The van der Waals surface area contributed by atoms with Gasteiger partial charge < -0.3 is 14.5 Å². The molecule has 2 fully saturated rings. The first-order valence-electron chi connectivity index (χ1n) is 11.0. The van der Waals surface area contributed by atoms with Crippen LogP contribution >= 0.6 is 0 Å². The number of likely N-dealkylation sites (tertiary alicyclic amines) is 1. The fourth-order valence-corrected chi connectivity index (χ4v) is 5.27. The Kier molecular flexibility index (Phi) is 6.90. The van der Waals surface area contributed by atoms with Crippen LogP contribution in [0.2, 0.25) is 0 Å². The van der Waals surface area contributed by atoms with Gasteiger partial charge in [0.15, 0.2) is 9.84 Å². The monoisotopic (exact) mass is 500 g/mol. The number of amides is 2. The summed E-state index contributed by atoms with van der Waals surface area (Å²) in [5.74, 6) is -0.567. The number of morpholine rings is 1. The van der Waals surface area contributed by atoms with Gasteiger partial charge in [-0.2, -0.15) is 18.3 Å². The van der Waals surface area contributed by atoms with Crippen LogP contribution in [0.15, 0.2) is 30.3 Å². The fourth-order valence-electron chi connectivity index (χ4n) is 4.55. The summed E-state index contributed by atoms with van der Waals surface area (Å²) in [6.07, 6.45) is -2.71. The number of piperidine rings is 1. The lowest BCUT2D eigenvalue weighted by Crippen LogP contribution is -2.52. The first-order valence-corrected chi connectivity index (χ1v) is 13.1. The number of benzene rings is 1. The third-order valence-electron chi connectivity index (χ3n) is 6.20. The SMILES string of the molecule is CS(=O)(=O)Cc1cc(C2CC(c3ccc(C(F)(F)F)cc3)CN(C(=O)N3CCOCC3)C2)n[nH]1. The van der Waals surface area contributed by atoms with Gasteiger partial charge in [0.1, 0.15) is 0 Å². The number of H-pyrrole nitrogens is 1. The lowest BCUT2D eigenvalue weighted by atomic mass is 9.83. The van der Waals surface area contributed by atoms with Gasteiger partial charge in [-0.05, 0) is 30.2 Å². The van der Waals surface area contributed by atoms with E-state index in [2.05, 4.69) is 10.2 Å². The van der Waals surface area contributed by atoms with Gasteiger partial charge in [-0.1, -0.05) is 12.1 Å². The molecular formula is C22H27F3N4O4S. The predicted molar refractivity (Wildman–Crippen MR) is 118 cm³/mol. The van der Waals surface area contributed by atoms with E-state index in [1.54, 1.807) is 15.9 Å². The number of ether oxygens (including phenoxy) is 1. The summed E-state index contributed by atoms with van der Waals surface area (Å²) < 4.78 is 67.7. The summed E-state index contributed by atoms with van der Waals surface area (Å²) in [7, 11) is -3.25. The Bertz CT molecular complexity index is 1110. The molecule has 34 heavy (non-hydrogen) atoms. The van der Waals surface area contributed by atoms with E-state index in [0.29, 0.717) is 62.8 Å². The largest absolute Gasteiger partial charge is 0.416 e. The lowest BCUT2D eigenvalue weighted by molar-refractivity contribution is -0.137. The van der Waals surface area contributed by atoms with Crippen LogP contribution in [0.25, 0.3) is 0 Å². The molecule has 0 bridgehead atoms. The highest BCUT2D eigenvalue weighted by Gasteiger charge is 2.36. The summed E-state index contributed by atoms with van der Waals surface area (Å²) in [6.45, 7) is 2.63. The van der Waals surface area contributed by atoms with Crippen LogP contribution in [0.5, 0.6) is 0 Å². The van der Waals surface area contributed by atoms with Gasteiger partial charge in [0.05, 0.1) is 35.9 Å². The van der Waals surface area contributed by atoms with Crippen molar-refractivity contribution in [3.05, 3.63) is 52.8 Å². The molecule has 2 atom stereocenters. The first kappa shape index (κ1) is 24.5. The third-order valence-corrected chi connectivity index (χ3v) is 7.03. The zero-order valence-corrected chi connectivity index (χ0v) is 19.5. The molecule has 2 aliphatic rings. The molecule has 1 N–H and O–H groups in total. The van der Waals surface area contributed by atoms with Gasteiger partial charge in [-0.3, -0.25) is 5.10 Å². The van der Waals surface area contributed by atoms with E-state index in [4.69, 9.17) is 4.74 Å². The maximum absolute atomic E-state index is 13.2. The van der Waals surface area contributed by atoms with Crippen molar-refractivity contribution >= 4 is 15.9 Å². The number of carbonyl (C=O) groups is 1. The number of nitrogens with one attached hydrogen (secondary N) is 1. The molecule has 0 spiro atoms. The molecule has 2 amide bonds. The molecular weight excluding hydrogens is 473 g/mol. The molecule has 1 aromatic carbocycles. The van der Waals surface area contributed by atoms with Crippen molar-refractivity contribution in [1.82, 2.24) is 20.0 Å². The van der Waals surface area contributed by atoms with E-state index in [1.165, 1.54) is 12.1 Å². The second-order valence-corrected chi connectivity index (χ2v) is 11.1. The Morgan fingerprint density at radius 3 is 2.38 bits per heavy atom. The number of alkyl halides is 3. The van der Waals surface area contributed by atoms with Crippen LogP contribution < -0.4 is 0 Å². The zero-order chi connectivity index (χ0) is 24.5. The standard InChI is InChI=1S/C22H27F3N4O4S/c1-34(31,32)14-19-11-20(27-26-19)17-10-16(15-2-4-18(5-3-15)22(23,24)25)12-29(13-17)21(30)28-6-8-33-9-7-28/h2-5,11,16-17H,6-10,12-14H2,1H3,(H,26,27). The van der Waals surface area contributed by atoms with Gasteiger partial charge in [-0.25, -0.2) is 13.2 Å². The maximum Gasteiger partial charge on any atom is 0.416 e. The Hall–Kier alpha value is -2.60. The predicted octanol–water partition coefficient (Wildman–Crippen LogP) is 3.00. The summed E-state index contributed by atoms with van der Waals surface area (Å²) >= 11 is 0. The van der Waals surface area contributed by atoms with Crippen molar-refractivity contribution in [2.24, 2.45) is 0 Å². The minimum absolute atomic E-state index is 0.142. The number of nitrogens with zero attached hydrogens (tertiary/aromatic N) is 3. The number of aromatic nitrogens is 2. The van der Waals surface area contributed by atoms with Crippen molar-refractivity contribution in [2.45, 2.75) is 30.2 Å². The van der Waals surface area contributed by atoms with Crippen LogP contribution in [0, 0.1) is 0 Å². The summed E-state index contributed by atoms with van der Waals surface area (Å²) in [4.78, 5) is 16.7. The van der Waals surface area contributed by atoms with Crippen molar-refractivity contribution < 1.29 is 31.1 Å². The topological polar surface area (TPSA) is 95.6 Å². The number of carbonyl (C=O) groups excluding carboxylic acids is 1. The molecule has 2 aromatic rings. The number of urea groups is 1. The number of hydrogen-bond donors (Lipinski definition) is 1. The van der Waals surface area contributed by atoms with E-state index >= 15 is 0 Å². The maximum atomic E-state index is 13.2. The van der Waals surface area contributed by atoms with E-state index < -0.39 is 21.6 Å². The minimum Gasteiger partial charge on any atom is -0.378 e. The quantitative estimate of drug-likeness (QED) is 0.697. The molecule has 8 nitrogen and oxygen atoms in total. The highest BCUT2D eigenvalue weighted by atomic mass is 32.2. The molecule has 0 saturated carbocycles. The molecule has 186 valence electrons. The number of aromatic amines is 1. The van der Waals surface area contributed by atoms with Gasteiger partial charge in [-0.15, -0.1) is 0 Å². The molecule has 2 aliphatic heterocycles. The molecule has 2 unspecified atom stereocenters. The average molecular weight is 501 g/mol. The highest BCUT2D eigenvalue weighted by molar-refractivity contribution is 7.89. The average Bonchev–Trinajstić information content (AvgIpc) is 3.25. The van der Waals surface area contributed by atoms with E-state index in [1.807, 2.05) is 0 Å². The van der Waals surface area contributed by atoms with Crippen molar-refractivity contribution in [3.63, 3.8) is 0 Å². The number of halogens is 3. The fraction of sp³-hybridized carbons (Fsp3) is 0.545. The van der Waals surface area contributed by atoms with Crippen LogP contribution in [-0.2, 0) is 26.5 Å². The Morgan fingerprint density at radius 2 is 1.76 bits per heavy atom. The second kappa shape index (κ2) is 9.57. The van der Waals surface area contributed by atoms with E-state index in [-0.39, 0.29) is 23.6 Å². The molecule has 12 heteroatoms. The third kappa shape index (κ3) is 5.90. The number of rotatable bonds is 4. The number of sulfone groups is 1. The molecule has 2 saturated heterocycles. The van der Waals surface area contributed by atoms with Gasteiger partial charge in [0, 0.05) is 44.3 Å². The van der Waals surface area contributed by atoms with Gasteiger partial charge in [0.2, 0.25) is 0 Å². The molecule has 1 aromatic heterocycles. The van der Waals surface area contributed by atoms with Crippen LogP contribution in [0.1, 0.15) is 40.8 Å². The minimum atomic E-state index is -4.42. The zero-order valence-electron chi connectivity index (χ0n) is 18.7. The molecule has 3 heterocycles. The van der Waals surface area contributed by atoms with Crippen molar-refractivity contribution in [2.75, 3.05) is 45.6 Å². The summed E-state index contributed by atoms with van der Waals surface area (Å²) in [6, 6.07) is 6.60. The number of hydrogen-bond acceptors (Lipinski definition) is 5. The summed E-state index contributed by atoms with van der Waals surface area (Å²) in [5, 5.41) is 7.06. The summed E-state index contributed by atoms with van der Waals surface area (Å²) in [5.41, 5.74) is 1.09. The second-order valence-electron chi connectivity index (χ2n) is 8.92. The van der Waals surface area contributed by atoms with Crippen molar-refractivity contribution in [3.8, 4) is 0 Å². The van der Waals surface area contributed by atoms with E-state index in [0.717, 1.165) is 18.4 Å². The van der Waals surface area contributed by atoms with Crippen molar-refractivity contribution in [1.29, 1.82) is 0 Å². The van der Waals surface area contributed by atoms with Gasteiger partial charge >= 0.3 is 12.2 Å². The van der Waals surface area contributed by atoms with E-state index in [9.17, 15) is 26.4 Å². The Balaban J connectivity index is 1.59. The lowest BCUT2D eigenvalue weighted by Gasteiger charge is -2.40. The Morgan fingerprint density at radius 1 is 1.12 bits per heavy atom. The van der Waals surface area contributed by atoms with Crippen LogP contribution in [0.4, 0.5) is 18.0 Å². The van der Waals surface area contributed by atoms with Gasteiger partial charge in [0.25, 0.3) is 0 Å². The normalized spacial score (nSPS) is 22.1. The smallest absolute Gasteiger partial charge is 0.378 e. The first-order chi connectivity index (χ1) is 16.0. The molecule has 4 rings (SSSR count). The molecule has 0 radical (unpaired) electrons. The highest BCUT2D eigenvalue weighted by Crippen LogP contribution is 2.37. The Labute approximate surface area is 196 Å². The van der Waals surface area contributed by atoms with Crippen LogP contribution in [0.3, 0.4) is 0 Å². The molecule has 0 aliphatic carbocycles. The van der Waals surface area contributed by atoms with Crippen LogP contribution in [-0.4, -0.2) is 80.1 Å².